The maximum absolute atomic E-state index is 14.5. The number of aliphatic hydroxyl groups excluding tert-OH is 1. The van der Waals surface area contributed by atoms with E-state index >= 15 is 0 Å². The molecule has 1 aliphatic carbocycles. The van der Waals surface area contributed by atoms with Gasteiger partial charge in [-0.05, 0) is 54.9 Å². The summed E-state index contributed by atoms with van der Waals surface area (Å²) in [6.07, 6.45) is 2.96. The van der Waals surface area contributed by atoms with E-state index in [4.69, 9.17) is 4.74 Å². The van der Waals surface area contributed by atoms with Gasteiger partial charge in [-0.25, -0.2) is 22.5 Å². The van der Waals surface area contributed by atoms with E-state index in [9.17, 15) is 17.9 Å². The lowest BCUT2D eigenvalue weighted by Gasteiger charge is -2.42. The van der Waals surface area contributed by atoms with Crippen molar-refractivity contribution < 1.29 is 22.7 Å². The summed E-state index contributed by atoms with van der Waals surface area (Å²) >= 11 is 0. The molecule has 1 aliphatic heterocycles. The predicted octanol–water partition coefficient (Wildman–Crippen LogP) is 5.28. The number of ether oxygens (including phenoxy) is 1. The third-order valence-electron chi connectivity index (χ3n) is 7.03. The molecular weight excluding hydrogens is 479 g/mol. The number of sulfonamides is 1. The van der Waals surface area contributed by atoms with Gasteiger partial charge in [-0.2, -0.15) is 0 Å². The number of hydrogen-bond acceptors (Lipinski definition) is 5. The molecule has 1 saturated heterocycles. The van der Waals surface area contributed by atoms with Gasteiger partial charge in [-0.1, -0.05) is 72.8 Å². The topological polar surface area (TPSA) is 88.0 Å². The molecule has 36 heavy (non-hydrogen) atoms. The number of nitrogens with one attached hydrogen (secondary N) is 1. The van der Waals surface area contributed by atoms with Crippen LogP contribution in [-0.4, -0.2) is 31.8 Å². The van der Waals surface area contributed by atoms with Gasteiger partial charge in [0.05, 0.1) is 6.04 Å². The van der Waals surface area contributed by atoms with Crippen molar-refractivity contribution >= 4 is 16.0 Å². The fourth-order valence-electron chi connectivity index (χ4n) is 5.38. The molecular formula is C28H29FN2O4S. The highest BCUT2D eigenvalue weighted by atomic mass is 32.2. The Morgan fingerprint density at radius 1 is 0.972 bits per heavy atom. The number of amidine groups is 1. The van der Waals surface area contributed by atoms with E-state index < -0.39 is 32.7 Å². The third-order valence-corrected chi connectivity index (χ3v) is 8.81. The smallest absolute Gasteiger partial charge is 0.299 e. The Kier molecular flexibility index (Phi) is 6.81. The summed E-state index contributed by atoms with van der Waals surface area (Å²) in [4.78, 5) is 4.46. The molecule has 1 heterocycles. The molecule has 0 radical (unpaired) electrons. The van der Waals surface area contributed by atoms with Crippen LogP contribution in [0.3, 0.4) is 0 Å². The van der Waals surface area contributed by atoms with Gasteiger partial charge in [0.1, 0.15) is 16.7 Å². The zero-order chi connectivity index (χ0) is 25.2. The quantitative estimate of drug-likeness (QED) is 0.475. The van der Waals surface area contributed by atoms with Gasteiger partial charge in [0.25, 0.3) is 6.02 Å². The maximum atomic E-state index is 14.5. The van der Waals surface area contributed by atoms with Crippen LogP contribution in [0.5, 0.6) is 0 Å². The SMILES string of the molecule is O=S1(=O)NC(=N[C@@H](CCO)c2ccccc2F)OC2(CCCC2)C1c1ccc(-c2ccccc2)cc1. The summed E-state index contributed by atoms with van der Waals surface area (Å²) < 4.78 is 50.6. The molecule has 3 aromatic rings. The predicted molar refractivity (Wildman–Crippen MR) is 137 cm³/mol. The highest BCUT2D eigenvalue weighted by molar-refractivity contribution is 7.90. The van der Waals surface area contributed by atoms with Crippen LogP contribution in [0.1, 0.15) is 54.5 Å². The van der Waals surface area contributed by atoms with Crippen molar-refractivity contribution in [3.8, 4) is 11.1 Å². The second-order valence-electron chi connectivity index (χ2n) is 9.37. The van der Waals surface area contributed by atoms with Crippen molar-refractivity contribution in [3.63, 3.8) is 0 Å². The van der Waals surface area contributed by atoms with E-state index in [-0.39, 0.29) is 24.6 Å². The molecule has 2 fully saturated rings. The highest BCUT2D eigenvalue weighted by Gasteiger charge is 2.55. The van der Waals surface area contributed by atoms with E-state index in [1.165, 1.54) is 6.07 Å². The average Bonchev–Trinajstić information content (AvgIpc) is 3.32. The first-order valence-electron chi connectivity index (χ1n) is 12.2. The maximum Gasteiger partial charge on any atom is 0.299 e. The summed E-state index contributed by atoms with van der Waals surface area (Å²) in [5.74, 6) is -0.467. The molecule has 5 rings (SSSR count). The van der Waals surface area contributed by atoms with Crippen molar-refractivity contribution in [1.29, 1.82) is 0 Å². The van der Waals surface area contributed by atoms with Gasteiger partial charge >= 0.3 is 0 Å². The van der Waals surface area contributed by atoms with Gasteiger partial charge in [0.2, 0.25) is 10.0 Å². The van der Waals surface area contributed by atoms with Gasteiger partial charge < -0.3 is 9.84 Å². The first kappa shape index (κ1) is 24.5. The number of halogens is 1. The summed E-state index contributed by atoms with van der Waals surface area (Å²) in [7, 11) is -3.91. The van der Waals surface area contributed by atoms with Crippen LogP contribution < -0.4 is 4.72 Å². The van der Waals surface area contributed by atoms with E-state index in [1.807, 2.05) is 54.6 Å². The van der Waals surface area contributed by atoms with Gasteiger partial charge in [0, 0.05) is 12.2 Å². The number of nitrogens with zero attached hydrogens (tertiary/aromatic N) is 1. The molecule has 0 aromatic heterocycles. The number of hydrogen-bond donors (Lipinski definition) is 2. The summed E-state index contributed by atoms with van der Waals surface area (Å²) in [5.41, 5.74) is 2.03. The molecule has 1 unspecified atom stereocenters. The van der Waals surface area contributed by atoms with E-state index in [2.05, 4.69) is 9.71 Å². The second-order valence-corrected chi connectivity index (χ2v) is 11.1. The Balaban J connectivity index is 1.50. The van der Waals surface area contributed by atoms with E-state index in [0.717, 1.165) is 24.0 Å². The molecule has 6 nitrogen and oxygen atoms in total. The number of aliphatic imine (C=N–C) groups is 1. The minimum absolute atomic E-state index is 0.132. The minimum Gasteiger partial charge on any atom is -0.456 e. The zero-order valence-corrected chi connectivity index (χ0v) is 20.6. The number of aliphatic hydroxyl groups is 1. The van der Waals surface area contributed by atoms with Crippen molar-refractivity contribution in [3.05, 3.63) is 95.8 Å². The van der Waals surface area contributed by atoms with Gasteiger partial charge in [-0.15, -0.1) is 0 Å². The van der Waals surface area contributed by atoms with Crippen LogP contribution in [0, 0.1) is 5.82 Å². The molecule has 188 valence electrons. The van der Waals surface area contributed by atoms with Crippen LogP contribution in [0.15, 0.2) is 83.9 Å². The first-order valence-corrected chi connectivity index (χ1v) is 13.8. The molecule has 2 N–H and O–H groups in total. The highest BCUT2D eigenvalue weighted by Crippen LogP contribution is 2.49. The minimum atomic E-state index is -3.91. The lowest BCUT2D eigenvalue weighted by atomic mass is 9.90. The molecule has 1 saturated carbocycles. The van der Waals surface area contributed by atoms with E-state index in [1.54, 1.807) is 18.2 Å². The lowest BCUT2D eigenvalue weighted by molar-refractivity contribution is 0.0448. The van der Waals surface area contributed by atoms with Crippen LogP contribution in [0.25, 0.3) is 11.1 Å². The summed E-state index contributed by atoms with van der Waals surface area (Å²) in [5, 5.41) is 8.65. The van der Waals surface area contributed by atoms with Crippen LogP contribution in [0.2, 0.25) is 0 Å². The molecule has 1 spiro atoms. The standard InChI is InChI=1S/C28H29FN2O4S/c29-24-11-5-4-10-23(24)25(16-19-32)30-27-31-36(33,34)26(28(35-27)17-6-7-18-28)22-14-12-21(13-15-22)20-8-2-1-3-9-20/h1-5,8-15,25-26,32H,6-7,16-19H2,(H,30,31)/t25-,26?/m0/s1. The summed E-state index contributed by atoms with van der Waals surface area (Å²) in [6, 6.07) is 22.7. The molecule has 2 aliphatic rings. The monoisotopic (exact) mass is 508 g/mol. The summed E-state index contributed by atoms with van der Waals surface area (Å²) in [6.45, 7) is -0.232. The fourth-order valence-corrected chi connectivity index (χ4v) is 7.20. The van der Waals surface area contributed by atoms with Crippen LogP contribution >= 0.6 is 0 Å². The largest absolute Gasteiger partial charge is 0.456 e. The van der Waals surface area contributed by atoms with Gasteiger partial charge in [0.15, 0.2) is 0 Å². The Morgan fingerprint density at radius 3 is 2.28 bits per heavy atom. The van der Waals surface area contributed by atoms with Crippen molar-refractivity contribution in [2.45, 2.75) is 49.0 Å². The van der Waals surface area contributed by atoms with Crippen molar-refractivity contribution in [2.24, 2.45) is 4.99 Å². The number of benzene rings is 3. The molecule has 0 bridgehead atoms. The number of rotatable bonds is 6. The fraction of sp³-hybridized carbons (Fsp3) is 0.321. The van der Waals surface area contributed by atoms with Crippen molar-refractivity contribution in [2.75, 3.05) is 6.61 Å². The lowest BCUT2D eigenvalue weighted by Crippen LogP contribution is -2.55. The van der Waals surface area contributed by atoms with E-state index in [0.29, 0.717) is 18.4 Å². The molecule has 8 heteroatoms. The van der Waals surface area contributed by atoms with Crippen LogP contribution in [0.4, 0.5) is 4.39 Å². The van der Waals surface area contributed by atoms with Crippen LogP contribution in [-0.2, 0) is 14.8 Å². The third kappa shape index (κ3) is 4.75. The van der Waals surface area contributed by atoms with Gasteiger partial charge in [-0.3, -0.25) is 0 Å². The molecule has 0 amide bonds. The Labute approximate surface area is 210 Å². The Bertz CT molecular complexity index is 1340. The molecule has 3 aromatic carbocycles. The second kappa shape index (κ2) is 10.0. The Morgan fingerprint density at radius 2 is 1.61 bits per heavy atom. The first-order chi connectivity index (χ1) is 17.4. The molecule has 2 atom stereocenters. The zero-order valence-electron chi connectivity index (χ0n) is 19.8. The Hall–Kier alpha value is -3.23. The average molecular weight is 509 g/mol. The van der Waals surface area contributed by atoms with Crippen molar-refractivity contribution in [1.82, 2.24) is 4.72 Å². The normalized spacial score (nSPS) is 22.2.